The van der Waals surface area contributed by atoms with Crippen LogP contribution in [0.3, 0.4) is 0 Å². The van der Waals surface area contributed by atoms with E-state index >= 15 is 0 Å². The maximum atomic E-state index is 13.5. The zero-order valence-corrected chi connectivity index (χ0v) is 26.4. The molecule has 0 aromatic heterocycles. The highest BCUT2D eigenvalue weighted by atomic mass is 35.5. The lowest BCUT2D eigenvalue weighted by atomic mass is 9.65. The molecular formula is C31H37Cl2N3O7. The Morgan fingerprint density at radius 1 is 0.953 bits per heavy atom. The molecule has 0 bridgehead atoms. The number of carbonyl (C=O) groups excluding carboxylic acids is 5. The van der Waals surface area contributed by atoms with Crippen molar-refractivity contribution in [1.82, 2.24) is 10.6 Å². The van der Waals surface area contributed by atoms with Crippen LogP contribution in [-0.2, 0) is 35.1 Å². The van der Waals surface area contributed by atoms with E-state index in [1.54, 1.807) is 42.5 Å². The average Bonchev–Trinajstić information content (AvgIpc) is 3.21. The van der Waals surface area contributed by atoms with Crippen LogP contribution in [0.25, 0.3) is 0 Å². The third-order valence-corrected chi connectivity index (χ3v) is 9.16. The van der Waals surface area contributed by atoms with Crippen LogP contribution >= 0.6 is 23.2 Å². The second-order valence-corrected chi connectivity index (χ2v) is 12.1. The number of nitrogens with one attached hydrogen (secondary N) is 3. The third kappa shape index (κ3) is 7.67. The topological polar surface area (TPSA) is 140 Å². The lowest BCUT2D eigenvalue weighted by molar-refractivity contribution is -0.147. The molecule has 3 amide bonds. The standard InChI is InChI=1S/C31H37Cl2N3O7/c1-30(2)20(13-15-31(30,3)29(41)34-16-14-24(37)42-4)26(38)36-23(28(40)43-5)17-18-9-11-19(12-10-18)35-27(39)25-21(32)7-6-8-22(25)33/h6-12,20,23H,13-17H2,1-5H3,(H,34,41)(H,35,39)(H,36,38)/t20?,23-,31?/m0/s1. The minimum atomic E-state index is -0.976. The van der Waals surface area contributed by atoms with Gasteiger partial charge < -0.3 is 25.4 Å². The first-order chi connectivity index (χ1) is 20.2. The molecule has 2 aromatic rings. The lowest BCUT2D eigenvalue weighted by Gasteiger charge is -2.40. The van der Waals surface area contributed by atoms with Gasteiger partial charge in [-0.05, 0) is 48.1 Å². The number of ether oxygens (including phenoxy) is 2. The number of methoxy groups -OCH3 is 2. The van der Waals surface area contributed by atoms with E-state index in [4.69, 9.17) is 27.9 Å². The summed E-state index contributed by atoms with van der Waals surface area (Å²) in [5.41, 5.74) is -0.268. The monoisotopic (exact) mass is 633 g/mol. The molecule has 1 fully saturated rings. The lowest BCUT2D eigenvalue weighted by Crippen LogP contribution is -2.52. The molecule has 1 aliphatic rings. The minimum absolute atomic E-state index is 0.0482. The van der Waals surface area contributed by atoms with Gasteiger partial charge in [-0.3, -0.25) is 19.2 Å². The van der Waals surface area contributed by atoms with E-state index < -0.39 is 40.6 Å². The minimum Gasteiger partial charge on any atom is -0.469 e. The fraction of sp³-hybridized carbons (Fsp3) is 0.452. The van der Waals surface area contributed by atoms with Crippen molar-refractivity contribution in [3.05, 3.63) is 63.6 Å². The molecule has 3 N–H and O–H groups in total. The van der Waals surface area contributed by atoms with E-state index in [1.807, 2.05) is 20.8 Å². The molecular weight excluding hydrogens is 597 g/mol. The summed E-state index contributed by atoms with van der Waals surface area (Å²) in [5, 5.41) is 8.82. The molecule has 43 heavy (non-hydrogen) atoms. The Bertz CT molecular complexity index is 1360. The summed E-state index contributed by atoms with van der Waals surface area (Å²) in [6.45, 7) is 5.67. The van der Waals surface area contributed by atoms with Gasteiger partial charge in [0.25, 0.3) is 5.91 Å². The third-order valence-electron chi connectivity index (χ3n) is 8.53. The largest absolute Gasteiger partial charge is 0.469 e. The SMILES string of the molecule is COC(=O)CCNC(=O)C1(C)CCC(C(=O)N[C@@H](Cc2ccc(NC(=O)c3c(Cl)cccc3Cl)cc2)C(=O)OC)C1(C)C. The molecule has 2 aromatic carbocycles. The van der Waals surface area contributed by atoms with Gasteiger partial charge in [-0.2, -0.15) is 0 Å². The van der Waals surface area contributed by atoms with Gasteiger partial charge >= 0.3 is 11.9 Å². The van der Waals surface area contributed by atoms with Crippen molar-refractivity contribution >= 4 is 58.5 Å². The molecule has 0 aliphatic heterocycles. The highest BCUT2D eigenvalue weighted by Gasteiger charge is 2.58. The Hall–Kier alpha value is -3.63. The van der Waals surface area contributed by atoms with Crippen LogP contribution in [0.2, 0.25) is 10.0 Å². The molecule has 0 saturated heterocycles. The van der Waals surface area contributed by atoms with Gasteiger partial charge in [0.05, 0.1) is 41.7 Å². The first-order valence-corrected chi connectivity index (χ1v) is 14.6. The summed E-state index contributed by atoms with van der Waals surface area (Å²) in [6, 6.07) is 10.6. The number of benzene rings is 2. The molecule has 3 rings (SSSR count). The summed E-state index contributed by atoms with van der Waals surface area (Å²) in [6.07, 6.45) is 1.09. The van der Waals surface area contributed by atoms with Crippen LogP contribution in [0.5, 0.6) is 0 Å². The van der Waals surface area contributed by atoms with E-state index in [2.05, 4.69) is 20.7 Å². The summed E-state index contributed by atoms with van der Waals surface area (Å²) >= 11 is 12.3. The fourth-order valence-electron chi connectivity index (χ4n) is 5.42. The molecule has 0 heterocycles. The van der Waals surface area contributed by atoms with Crippen molar-refractivity contribution in [2.45, 2.75) is 52.5 Å². The maximum Gasteiger partial charge on any atom is 0.328 e. The second-order valence-electron chi connectivity index (χ2n) is 11.3. The van der Waals surface area contributed by atoms with Crippen LogP contribution in [0.15, 0.2) is 42.5 Å². The Labute approximate surface area is 261 Å². The van der Waals surface area contributed by atoms with Crippen LogP contribution in [0.1, 0.15) is 56.0 Å². The summed E-state index contributed by atoms with van der Waals surface area (Å²) in [5.74, 6) is -2.66. The van der Waals surface area contributed by atoms with Crippen LogP contribution in [0.4, 0.5) is 5.69 Å². The normalized spacial score (nSPS) is 19.6. The number of amides is 3. The van der Waals surface area contributed by atoms with E-state index in [0.29, 0.717) is 24.1 Å². The predicted octanol–water partition coefficient (Wildman–Crippen LogP) is 4.57. The zero-order valence-electron chi connectivity index (χ0n) is 24.8. The van der Waals surface area contributed by atoms with E-state index in [9.17, 15) is 24.0 Å². The highest BCUT2D eigenvalue weighted by molar-refractivity contribution is 6.40. The maximum absolute atomic E-state index is 13.5. The molecule has 12 heteroatoms. The van der Waals surface area contributed by atoms with Gasteiger partial charge in [0, 0.05) is 24.6 Å². The van der Waals surface area contributed by atoms with Crippen LogP contribution < -0.4 is 16.0 Å². The number of rotatable bonds is 11. The molecule has 1 aliphatic carbocycles. The Balaban J connectivity index is 1.67. The Morgan fingerprint density at radius 3 is 2.16 bits per heavy atom. The molecule has 0 spiro atoms. The van der Waals surface area contributed by atoms with Crippen molar-refractivity contribution in [2.24, 2.45) is 16.7 Å². The van der Waals surface area contributed by atoms with E-state index in [1.165, 1.54) is 14.2 Å². The second kappa shape index (κ2) is 14.2. The summed E-state index contributed by atoms with van der Waals surface area (Å²) in [7, 11) is 2.53. The summed E-state index contributed by atoms with van der Waals surface area (Å²) in [4.78, 5) is 63.4. The summed E-state index contributed by atoms with van der Waals surface area (Å²) < 4.78 is 9.58. The number of esters is 2. The highest BCUT2D eigenvalue weighted by Crippen LogP contribution is 2.56. The van der Waals surface area contributed by atoms with Crippen LogP contribution in [0, 0.1) is 16.7 Å². The molecule has 232 valence electrons. The van der Waals surface area contributed by atoms with Crippen molar-refractivity contribution < 1.29 is 33.4 Å². The van der Waals surface area contributed by atoms with E-state index in [0.717, 1.165) is 0 Å². The number of hydrogen-bond acceptors (Lipinski definition) is 7. The molecule has 2 unspecified atom stereocenters. The molecule has 3 atom stereocenters. The molecule has 1 saturated carbocycles. The van der Waals surface area contributed by atoms with Gasteiger partial charge in [-0.25, -0.2) is 4.79 Å². The fourth-order valence-corrected chi connectivity index (χ4v) is 5.99. The first kappa shape index (κ1) is 33.9. The van der Waals surface area contributed by atoms with Crippen molar-refractivity contribution in [3.8, 4) is 0 Å². The predicted molar refractivity (Wildman–Crippen MR) is 163 cm³/mol. The van der Waals surface area contributed by atoms with Gasteiger partial charge in [-0.1, -0.05) is 62.2 Å². The number of halogens is 2. The van der Waals surface area contributed by atoms with Crippen molar-refractivity contribution in [2.75, 3.05) is 26.1 Å². The number of hydrogen-bond donors (Lipinski definition) is 3. The Morgan fingerprint density at radius 2 is 1.58 bits per heavy atom. The van der Waals surface area contributed by atoms with Gasteiger partial charge in [0.15, 0.2) is 0 Å². The van der Waals surface area contributed by atoms with Gasteiger partial charge in [0.1, 0.15) is 6.04 Å². The average molecular weight is 635 g/mol. The number of carbonyl (C=O) groups is 5. The first-order valence-electron chi connectivity index (χ1n) is 13.8. The molecule has 0 radical (unpaired) electrons. The Kier molecular flexibility index (Phi) is 11.2. The quantitative estimate of drug-likeness (QED) is 0.308. The van der Waals surface area contributed by atoms with Crippen molar-refractivity contribution in [1.29, 1.82) is 0 Å². The van der Waals surface area contributed by atoms with Crippen LogP contribution in [-0.4, -0.2) is 56.5 Å². The van der Waals surface area contributed by atoms with Crippen molar-refractivity contribution in [3.63, 3.8) is 0 Å². The zero-order chi connectivity index (χ0) is 31.9. The number of anilines is 1. The van der Waals surface area contributed by atoms with Gasteiger partial charge in [-0.15, -0.1) is 0 Å². The smallest absolute Gasteiger partial charge is 0.328 e. The molecule has 10 nitrogen and oxygen atoms in total. The van der Waals surface area contributed by atoms with Gasteiger partial charge in [0.2, 0.25) is 11.8 Å². The van der Waals surface area contributed by atoms with E-state index in [-0.39, 0.29) is 46.8 Å².